The zero-order valence-corrected chi connectivity index (χ0v) is 14.3. The molecule has 120 valence electrons. The van der Waals surface area contributed by atoms with Gasteiger partial charge in [-0.1, -0.05) is 32.9 Å². The SMILES string of the molecule is CCCNCc1cc(C)c(OCC(O)(CC)CC)c(C)c1. The van der Waals surface area contributed by atoms with Gasteiger partial charge in [-0.15, -0.1) is 0 Å². The van der Waals surface area contributed by atoms with Crippen LogP contribution in [0.2, 0.25) is 0 Å². The van der Waals surface area contributed by atoms with Crippen molar-refractivity contribution in [3.05, 3.63) is 28.8 Å². The van der Waals surface area contributed by atoms with Crippen LogP contribution < -0.4 is 10.1 Å². The topological polar surface area (TPSA) is 41.5 Å². The molecule has 0 aliphatic carbocycles. The van der Waals surface area contributed by atoms with Crippen LogP contribution in [0.15, 0.2) is 12.1 Å². The largest absolute Gasteiger partial charge is 0.490 e. The number of ether oxygens (including phenoxy) is 1. The molecule has 1 aromatic carbocycles. The lowest BCUT2D eigenvalue weighted by molar-refractivity contribution is -0.0117. The van der Waals surface area contributed by atoms with Gasteiger partial charge in [-0.05, 0) is 56.3 Å². The minimum atomic E-state index is -0.722. The maximum absolute atomic E-state index is 10.3. The van der Waals surface area contributed by atoms with Gasteiger partial charge in [0, 0.05) is 6.54 Å². The van der Waals surface area contributed by atoms with Crippen molar-refractivity contribution in [1.29, 1.82) is 0 Å². The zero-order valence-electron chi connectivity index (χ0n) is 14.3. The lowest BCUT2D eigenvalue weighted by Gasteiger charge is -2.26. The van der Waals surface area contributed by atoms with E-state index in [-0.39, 0.29) is 0 Å². The Morgan fingerprint density at radius 3 is 2.14 bits per heavy atom. The smallest absolute Gasteiger partial charge is 0.125 e. The van der Waals surface area contributed by atoms with Crippen LogP contribution in [0.25, 0.3) is 0 Å². The third kappa shape index (κ3) is 5.33. The first-order valence-corrected chi connectivity index (χ1v) is 8.11. The van der Waals surface area contributed by atoms with Crippen LogP contribution in [0.4, 0.5) is 0 Å². The third-order valence-corrected chi connectivity index (χ3v) is 4.08. The molecule has 2 N–H and O–H groups in total. The average molecular weight is 293 g/mol. The maximum atomic E-state index is 10.3. The van der Waals surface area contributed by atoms with Gasteiger partial charge in [-0.25, -0.2) is 0 Å². The highest BCUT2D eigenvalue weighted by molar-refractivity contribution is 5.43. The second-order valence-corrected chi connectivity index (χ2v) is 5.96. The Morgan fingerprint density at radius 2 is 1.67 bits per heavy atom. The van der Waals surface area contributed by atoms with Gasteiger partial charge in [0.15, 0.2) is 0 Å². The molecule has 0 bridgehead atoms. The number of nitrogens with one attached hydrogen (secondary N) is 1. The van der Waals surface area contributed by atoms with E-state index in [1.165, 1.54) is 5.56 Å². The predicted molar refractivity (Wildman–Crippen MR) is 88.9 cm³/mol. The molecule has 0 unspecified atom stereocenters. The van der Waals surface area contributed by atoms with Crippen molar-refractivity contribution in [2.24, 2.45) is 0 Å². The molecule has 1 aromatic rings. The molecule has 0 atom stereocenters. The van der Waals surface area contributed by atoms with Gasteiger partial charge in [-0.2, -0.15) is 0 Å². The minimum absolute atomic E-state index is 0.356. The Hall–Kier alpha value is -1.06. The quantitative estimate of drug-likeness (QED) is 0.682. The van der Waals surface area contributed by atoms with Crippen molar-refractivity contribution < 1.29 is 9.84 Å². The molecule has 0 heterocycles. The van der Waals surface area contributed by atoms with E-state index in [2.05, 4.69) is 38.2 Å². The van der Waals surface area contributed by atoms with Crippen molar-refractivity contribution in [1.82, 2.24) is 5.32 Å². The Morgan fingerprint density at radius 1 is 1.10 bits per heavy atom. The van der Waals surface area contributed by atoms with E-state index in [0.717, 1.165) is 36.4 Å². The molecule has 0 saturated carbocycles. The van der Waals surface area contributed by atoms with E-state index < -0.39 is 5.60 Å². The summed E-state index contributed by atoms with van der Waals surface area (Å²) in [6.45, 7) is 12.6. The fourth-order valence-corrected chi connectivity index (χ4v) is 2.44. The Kier molecular flexibility index (Phi) is 7.20. The molecular formula is C18H31NO2. The summed E-state index contributed by atoms with van der Waals surface area (Å²) in [4.78, 5) is 0. The molecule has 0 aromatic heterocycles. The van der Waals surface area contributed by atoms with Crippen molar-refractivity contribution >= 4 is 0 Å². The Bertz CT molecular complexity index is 416. The fourth-order valence-electron chi connectivity index (χ4n) is 2.44. The fraction of sp³-hybridized carbons (Fsp3) is 0.667. The maximum Gasteiger partial charge on any atom is 0.125 e. The molecule has 0 aliphatic rings. The van der Waals surface area contributed by atoms with Crippen LogP contribution >= 0.6 is 0 Å². The van der Waals surface area contributed by atoms with E-state index in [0.29, 0.717) is 19.4 Å². The number of hydrogen-bond acceptors (Lipinski definition) is 3. The summed E-state index contributed by atoms with van der Waals surface area (Å²) in [6, 6.07) is 4.34. The molecule has 21 heavy (non-hydrogen) atoms. The zero-order chi connectivity index (χ0) is 15.9. The van der Waals surface area contributed by atoms with Crippen LogP contribution in [0.5, 0.6) is 5.75 Å². The summed E-state index contributed by atoms with van der Waals surface area (Å²) in [6.07, 6.45) is 2.56. The number of rotatable bonds is 9. The number of benzene rings is 1. The van der Waals surface area contributed by atoms with Crippen LogP contribution in [-0.2, 0) is 6.54 Å². The highest BCUT2D eigenvalue weighted by Crippen LogP contribution is 2.27. The Balaban J connectivity index is 2.75. The molecule has 0 saturated heterocycles. The molecule has 0 spiro atoms. The highest BCUT2D eigenvalue weighted by atomic mass is 16.5. The number of hydrogen-bond donors (Lipinski definition) is 2. The van der Waals surface area contributed by atoms with Gasteiger partial charge in [0.05, 0.1) is 5.60 Å². The third-order valence-electron chi connectivity index (χ3n) is 4.08. The highest BCUT2D eigenvalue weighted by Gasteiger charge is 2.23. The van der Waals surface area contributed by atoms with E-state index >= 15 is 0 Å². The van der Waals surface area contributed by atoms with Crippen LogP contribution in [0, 0.1) is 13.8 Å². The monoisotopic (exact) mass is 293 g/mol. The standard InChI is InChI=1S/C18H31NO2/c1-6-9-19-12-16-10-14(4)17(15(5)11-16)21-13-18(20,7-2)8-3/h10-11,19-20H,6-9,12-13H2,1-5H3. The first-order chi connectivity index (χ1) is 9.95. The summed E-state index contributed by atoms with van der Waals surface area (Å²) in [5.74, 6) is 0.912. The van der Waals surface area contributed by atoms with Gasteiger partial charge >= 0.3 is 0 Å². The lowest BCUT2D eigenvalue weighted by atomic mass is 9.99. The van der Waals surface area contributed by atoms with Crippen molar-refractivity contribution in [2.45, 2.75) is 66.0 Å². The van der Waals surface area contributed by atoms with E-state index in [4.69, 9.17) is 4.74 Å². The van der Waals surface area contributed by atoms with Gasteiger partial charge in [0.25, 0.3) is 0 Å². The van der Waals surface area contributed by atoms with E-state index in [1.807, 2.05) is 13.8 Å². The second-order valence-electron chi connectivity index (χ2n) is 5.96. The Labute approximate surface area is 129 Å². The van der Waals surface area contributed by atoms with Crippen LogP contribution in [0.3, 0.4) is 0 Å². The molecular weight excluding hydrogens is 262 g/mol. The second kappa shape index (κ2) is 8.40. The summed E-state index contributed by atoms with van der Waals surface area (Å²) >= 11 is 0. The van der Waals surface area contributed by atoms with Crippen LogP contribution in [0.1, 0.15) is 56.7 Å². The number of aliphatic hydroxyl groups is 1. The van der Waals surface area contributed by atoms with Gasteiger partial charge in [0.2, 0.25) is 0 Å². The number of aryl methyl sites for hydroxylation is 2. The normalized spacial score (nSPS) is 11.7. The van der Waals surface area contributed by atoms with E-state index in [1.54, 1.807) is 0 Å². The summed E-state index contributed by atoms with van der Waals surface area (Å²) in [5, 5.41) is 13.8. The molecule has 0 aliphatic heterocycles. The molecule has 0 radical (unpaired) electrons. The molecule has 0 fully saturated rings. The van der Waals surface area contributed by atoms with Gasteiger partial charge in [0.1, 0.15) is 12.4 Å². The first kappa shape index (κ1) is 18.0. The first-order valence-electron chi connectivity index (χ1n) is 8.11. The summed E-state index contributed by atoms with van der Waals surface area (Å²) in [5.41, 5.74) is 2.84. The minimum Gasteiger partial charge on any atom is -0.490 e. The van der Waals surface area contributed by atoms with Crippen LogP contribution in [-0.4, -0.2) is 23.9 Å². The average Bonchev–Trinajstić information content (AvgIpc) is 2.46. The van der Waals surface area contributed by atoms with Crippen molar-refractivity contribution in [3.63, 3.8) is 0 Å². The van der Waals surface area contributed by atoms with Crippen molar-refractivity contribution in [2.75, 3.05) is 13.2 Å². The molecule has 0 amide bonds. The summed E-state index contributed by atoms with van der Waals surface area (Å²) < 4.78 is 5.92. The van der Waals surface area contributed by atoms with Gasteiger partial charge < -0.3 is 15.2 Å². The molecule has 3 nitrogen and oxygen atoms in total. The van der Waals surface area contributed by atoms with Gasteiger partial charge in [-0.3, -0.25) is 0 Å². The molecule has 1 rings (SSSR count). The van der Waals surface area contributed by atoms with E-state index in [9.17, 15) is 5.11 Å². The predicted octanol–water partition coefficient (Wildman–Crippen LogP) is 3.73. The summed E-state index contributed by atoms with van der Waals surface area (Å²) in [7, 11) is 0. The van der Waals surface area contributed by atoms with Crippen molar-refractivity contribution in [3.8, 4) is 5.75 Å². The molecule has 3 heteroatoms. The lowest BCUT2D eigenvalue weighted by Crippen LogP contribution is -2.34.